The van der Waals surface area contributed by atoms with Crippen molar-refractivity contribution in [2.75, 3.05) is 6.54 Å². The van der Waals surface area contributed by atoms with Gasteiger partial charge in [0.15, 0.2) is 5.96 Å². The molecule has 7 nitrogen and oxygen atoms in total. The van der Waals surface area contributed by atoms with Gasteiger partial charge in [-0.1, -0.05) is 24.6 Å². The molecule has 0 amide bonds. The van der Waals surface area contributed by atoms with E-state index in [4.69, 9.17) is 27.3 Å². The lowest BCUT2D eigenvalue weighted by Crippen LogP contribution is -2.22. The highest BCUT2D eigenvalue weighted by molar-refractivity contribution is 5.92. The molecular formula is C16H23N5O2. The quantitative estimate of drug-likeness (QED) is 0.179. The van der Waals surface area contributed by atoms with Gasteiger partial charge in [0.05, 0.1) is 0 Å². The summed E-state index contributed by atoms with van der Waals surface area (Å²) in [6.45, 7) is 0.576. The van der Waals surface area contributed by atoms with E-state index in [1.165, 1.54) is 6.08 Å². The predicted octanol–water partition coefficient (Wildman–Crippen LogP) is 1.37. The maximum absolute atomic E-state index is 11.7. The van der Waals surface area contributed by atoms with Gasteiger partial charge in [-0.3, -0.25) is 15.2 Å². The van der Waals surface area contributed by atoms with E-state index in [0.717, 1.165) is 24.8 Å². The average molecular weight is 317 g/mol. The SMILES string of the molecule is N=C(N)/C=C/c1ccc(OC(=O)CCCCCN=C(N)N)cc1. The summed E-state index contributed by atoms with van der Waals surface area (Å²) in [5, 5.41) is 7.11. The Morgan fingerprint density at radius 2 is 1.83 bits per heavy atom. The highest BCUT2D eigenvalue weighted by Crippen LogP contribution is 2.14. The summed E-state index contributed by atoms with van der Waals surface area (Å²) in [7, 11) is 0. The number of nitrogens with zero attached hydrogens (tertiary/aromatic N) is 1. The van der Waals surface area contributed by atoms with Crippen LogP contribution in [0.15, 0.2) is 35.3 Å². The van der Waals surface area contributed by atoms with Gasteiger partial charge in [-0.2, -0.15) is 0 Å². The molecule has 0 unspecified atom stereocenters. The van der Waals surface area contributed by atoms with E-state index in [0.29, 0.717) is 18.7 Å². The summed E-state index contributed by atoms with van der Waals surface area (Å²) in [6.07, 6.45) is 5.99. The Hall–Kier alpha value is -2.83. The highest BCUT2D eigenvalue weighted by Gasteiger charge is 2.04. The zero-order chi connectivity index (χ0) is 17.1. The van der Waals surface area contributed by atoms with Crippen LogP contribution in [-0.4, -0.2) is 24.3 Å². The van der Waals surface area contributed by atoms with Crippen LogP contribution in [-0.2, 0) is 4.79 Å². The Balaban J connectivity index is 2.29. The van der Waals surface area contributed by atoms with Crippen molar-refractivity contribution in [2.45, 2.75) is 25.7 Å². The second-order valence-electron chi connectivity index (χ2n) is 4.95. The van der Waals surface area contributed by atoms with Crippen LogP contribution in [0.1, 0.15) is 31.2 Å². The topological polar surface area (TPSA) is 141 Å². The van der Waals surface area contributed by atoms with Gasteiger partial charge in [0.1, 0.15) is 11.6 Å². The lowest BCUT2D eigenvalue weighted by Gasteiger charge is -2.04. The normalized spacial score (nSPS) is 10.4. The van der Waals surface area contributed by atoms with Crippen LogP contribution in [0.3, 0.4) is 0 Å². The van der Waals surface area contributed by atoms with Crippen molar-refractivity contribution in [3.05, 3.63) is 35.9 Å². The average Bonchev–Trinajstić information content (AvgIpc) is 2.49. The van der Waals surface area contributed by atoms with Crippen LogP contribution >= 0.6 is 0 Å². The minimum absolute atomic E-state index is 0.0136. The molecule has 0 saturated carbocycles. The first kappa shape index (κ1) is 18.2. The number of aliphatic imine (C=N–C) groups is 1. The number of carbonyl (C=O) groups excluding carboxylic acids is 1. The number of hydrogen-bond acceptors (Lipinski definition) is 4. The third-order valence-electron chi connectivity index (χ3n) is 2.90. The Labute approximate surface area is 135 Å². The molecule has 7 heteroatoms. The molecule has 0 atom stereocenters. The molecule has 0 saturated heterocycles. The van der Waals surface area contributed by atoms with Gasteiger partial charge in [-0.25, -0.2) is 0 Å². The van der Waals surface area contributed by atoms with Crippen molar-refractivity contribution >= 4 is 23.8 Å². The van der Waals surface area contributed by atoms with Crippen LogP contribution in [0.4, 0.5) is 0 Å². The van der Waals surface area contributed by atoms with Crippen LogP contribution in [0, 0.1) is 5.41 Å². The maximum Gasteiger partial charge on any atom is 0.311 e. The third-order valence-corrected chi connectivity index (χ3v) is 2.90. The van der Waals surface area contributed by atoms with Crippen LogP contribution in [0.25, 0.3) is 6.08 Å². The minimum Gasteiger partial charge on any atom is -0.427 e. The van der Waals surface area contributed by atoms with Crippen molar-refractivity contribution in [2.24, 2.45) is 22.2 Å². The van der Waals surface area contributed by atoms with Crippen molar-refractivity contribution < 1.29 is 9.53 Å². The summed E-state index contributed by atoms with van der Waals surface area (Å²) >= 11 is 0. The number of amidine groups is 1. The first-order valence-electron chi connectivity index (χ1n) is 7.35. The smallest absolute Gasteiger partial charge is 0.311 e. The molecule has 0 aromatic heterocycles. The minimum atomic E-state index is -0.265. The number of unbranched alkanes of at least 4 members (excludes halogenated alkanes) is 2. The fourth-order valence-corrected chi connectivity index (χ4v) is 1.78. The molecule has 124 valence electrons. The first-order valence-corrected chi connectivity index (χ1v) is 7.35. The summed E-state index contributed by atoms with van der Waals surface area (Å²) in [5.74, 6) is 0.306. The number of rotatable bonds is 9. The molecule has 0 radical (unpaired) electrons. The summed E-state index contributed by atoms with van der Waals surface area (Å²) in [5.41, 5.74) is 16.5. The third kappa shape index (κ3) is 8.92. The van der Waals surface area contributed by atoms with E-state index < -0.39 is 0 Å². The molecule has 0 aliphatic heterocycles. The standard InChI is InChI=1S/C16H23N5O2/c17-14(18)10-7-12-5-8-13(9-6-12)23-15(22)4-2-1-3-11-21-16(19)20/h5-10H,1-4,11H2,(H3,17,18)(H4,19,20,21)/b10-7+. The number of hydrogen-bond donors (Lipinski definition) is 4. The number of benzene rings is 1. The number of nitrogens with one attached hydrogen (secondary N) is 1. The van der Waals surface area contributed by atoms with E-state index in [2.05, 4.69) is 4.99 Å². The molecule has 1 rings (SSSR count). The Bertz CT molecular complexity index is 575. The molecule has 0 aliphatic rings. The number of esters is 1. The molecular weight excluding hydrogens is 294 g/mol. The van der Waals surface area contributed by atoms with Crippen molar-refractivity contribution in [1.29, 1.82) is 5.41 Å². The lowest BCUT2D eigenvalue weighted by atomic mass is 10.2. The summed E-state index contributed by atoms with van der Waals surface area (Å²) in [6, 6.07) is 6.99. The molecule has 1 aromatic rings. The molecule has 0 aliphatic carbocycles. The Morgan fingerprint density at radius 3 is 2.43 bits per heavy atom. The monoisotopic (exact) mass is 317 g/mol. The largest absolute Gasteiger partial charge is 0.427 e. The van der Waals surface area contributed by atoms with Crippen LogP contribution < -0.4 is 21.9 Å². The summed E-state index contributed by atoms with van der Waals surface area (Å²) < 4.78 is 5.24. The lowest BCUT2D eigenvalue weighted by molar-refractivity contribution is -0.134. The maximum atomic E-state index is 11.7. The molecule has 23 heavy (non-hydrogen) atoms. The van der Waals surface area contributed by atoms with Gasteiger partial charge in [0.25, 0.3) is 0 Å². The molecule has 1 aromatic carbocycles. The molecule has 0 spiro atoms. The zero-order valence-corrected chi connectivity index (χ0v) is 13.0. The van der Waals surface area contributed by atoms with Gasteiger partial charge >= 0.3 is 5.97 Å². The number of nitrogens with two attached hydrogens (primary N) is 3. The van der Waals surface area contributed by atoms with Gasteiger partial charge in [-0.05, 0) is 36.6 Å². The van der Waals surface area contributed by atoms with E-state index in [1.54, 1.807) is 30.3 Å². The number of ether oxygens (including phenoxy) is 1. The van der Waals surface area contributed by atoms with Crippen molar-refractivity contribution in [3.8, 4) is 5.75 Å². The highest BCUT2D eigenvalue weighted by atomic mass is 16.5. The molecule has 0 fully saturated rings. The van der Waals surface area contributed by atoms with Crippen molar-refractivity contribution in [3.63, 3.8) is 0 Å². The molecule has 0 bridgehead atoms. The number of carbonyl (C=O) groups is 1. The van der Waals surface area contributed by atoms with Gasteiger partial charge in [0.2, 0.25) is 0 Å². The first-order chi connectivity index (χ1) is 11.0. The van der Waals surface area contributed by atoms with Crippen molar-refractivity contribution in [1.82, 2.24) is 0 Å². The Morgan fingerprint density at radius 1 is 1.13 bits per heavy atom. The van der Waals surface area contributed by atoms with Crippen LogP contribution in [0.5, 0.6) is 5.75 Å². The Kier molecular flexibility index (Phi) is 7.91. The zero-order valence-electron chi connectivity index (χ0n) is 13.0. The van der Waals surface area contributed by atoms with Gasteiger partial charge in [0, 0.05) is 13.0 Å². The van der Waals surface area contributed by atoms with E-state index in [-0.39, 0.29) is 17.8 Å². The van der Waals surface area contributed by atoms with Gasteiger partial charge in [-0.15, -0.1) is 0 Å². The predicted molar refractivity (Wildman–Crippen MR) is 92.2 cm³/mol. The second-order valence-corrected chi connectivity index (χ2v) is 4.95. The fourth-order valence-electron chi connectivity index (χ4n) is 1.78. The van der Waals surface area contributed by atoms with Gasteiger partial charge < -0.3 is 21.9 Å². The number of guanidine groups is 1. The van der Waals surface area contributed by atoms with Crippen LogP contribution in [0.2, 0.25) is 0 Å². The summed E-state index contributed by atoms with van der Waals surface area (Å²) in [4.78, 5) is 15.6. The second kappa shape index (κ2) is 9.99. The molecule has 7 N–H and O–H groups in total. The van der Waals surface area contributed by atoms with E-state index in [1.807, 2.05) is 0 Å². The van der Waals surface area contributed by atoms with E-state index in [9.17, 15) is 4.79 Å². The fraction of sp³-hybridized carbons (Fsp3) is 0.312. The van der Waals surface area contributed by atoms with E-state index >= 15 is 0 Å². The molecule has 0 heterocycles.